The predicted octanol–water partition coefficient (Wildman–Crippen LogP) is 3.91. The molecule has 118 valence electrons. The van der Waals surface area contributed by atoms with Crippen LogP contribution in [0.15, 0.2) is 42.5 Å². The van der Waals surface area contributed by atoms with Crippen molar-refractivity contribution in [2.45, 2.75) is 31.2 Å². The Balaban J connectivity index is 1.91. The molecule has 2 aliphatic rings. The molecule has 0 saturated heterocycles. The number of methoxy groups -OCH3 is 1. The smallest absolute Gasteiger partial charge is 0.185 e. The molecule has 0 amide bonds. The van der Waals surface area contributed by atoms with E-state index in [9.17, 15) is 9.90 Å². The summed E-state index contributed by atoms with van der Waals surface area (Å²) in [5.41, 5.74) is 2.20. The van der Waals surface area contributed by atoms with Crippen LogP contribution in [0, 0.1) is 0 Å². The normalized spacial score (nSPS) is 18.8. The summed E-state index contributed by atoms with van der Waals surface area (Å²) in [6.07, 6.45) is 5.15. The van der Waals surface area contributed by atoms with Crippen LogP contribution < -0.4 is 4.74 Å². The summed E-state index contributed by atoms with van der Waals surface area (Å²) in [4.78, 5) is 12.7. The Morgan fingerprint density at radius 2 is 1.70 bits per heavy atom. The van der Waals surface area contributed by atoms with Gasteiger partial charge in [-0.25, -0.2) is 0 Å². The number of aromatic nitrogens is 1. The fourth-order valence-electron chi connectivity index (χ4n) is 3.96. The van der Waals surface area contributed by atoms with E-state index in [4.69, 9.17) is 4.74 Å². The number of nitrogens with zero attached hydrogens (tertiary/aromatic N) is 1. The van der Waals surface area contributed by atoms with Gasteiger partial charge in [0.25, 0.3) is 0 Å². The Bertz CT molecular complexity index is 793. The zero-order chi connectivity index (χ0) is 16.0. The molecule has 2 heterocycles. The second-order valence-electron chi connectivity index (χ2n) is 6.30. The summed E-state index contributed by atoms with van der Waals surface area (Å²) in [5.74, 6) is 0.881. The number of carbonyl (C=O) groups excluding carboxylic acids is 1. The number of fused-ring (bicyclic) bond motifs is 2. The number of aliphatic hydroxyl groups excluding tert-OH is 1. The molecule has 1 aromatic heterocycles. The van der Waals surface area contributed by atoms with Crippen molar-refractivity contribution in [1.29, 1.82) is 0 Å². The molecule has 1 fully saturated rings. The lowest BCUT2D eigenvalue weighted by molar-refractivity contribution is -0.122. The SMILES string of the molecule is COc1ccc(-c2ccc3n2C2(CCCC2)C(=O)C=C3O)cc1. The van der Waals surface area contributed by atoms with Crippen molar-refractivity contribution in [1.82, 2.24) is 4.57 Å². The third-order valence-electron chi connectivity index (χ3n) is 5.11. The quantitative estimate of drug-likeness (QED) is 0.915. The number of aliphatic hydroxyl groups is 1. The molecule has 0 unspecified atom stereocenters. The summed E-state index contributed by atoms with van der Waals surface area (Å²) in [6, 6.07) is 11.7. The van der Waals surface area contributed by atoms with Crippen LogP contribution in [0.4, 0.5) is 0 Å². The maximum Gasteiger partial charge on any atom is 0.185 e. The van der Waals surface area contributed by atoms with Gasteiger partial charge in [0.1, 0.15) is 17.0 Å². The Morgan fingerprint density at radius 1 is 1.04 bits per heavy atom. The number of benzene rings is 1. The van der Waals surface area contributed by atoms with Crippen LogP contribution in [0.2, 0.25) is 0 Å². The molecule has 4 rings (SSSR count). The van der Waals surface area contributed by atoms with Crippen molar-refractivity contribution in [2.24, 2.45) is 0 Å². The molecule has 0 bridgehead atoms. The molecule has 1 spiro atoms. The van der Waals surface area contributed by atoms with Crippen molar-refractivity contribution in [3.8, 4) is 17.0 Å². The lowest BCUT2D eigenvalue weighted by Gasteiger charge is -2.35. The van der Waals surface area contributed by atoms with Crippen LogP contribution in [0.3, 0.4) is 0 Å². The molecule has 1 aromatic carbocycles. The van der Waals surface area contributed by atoms with E-state index in [-0.39, 0.29) is 11.5 Å². The second-order valence-corrected chi connectivity index (χ2v) is 6.30. The third kappa shape index (κ3) is 1.94. The highest BCUT2D eigenvalue weighted by atomic mass is 16.5. The molecule has 2 aromatic rings. The molecule has 23 heavy (non-hydrogen) atoms. The van der Waals surface area contributed by atoms with E-state index in [1.807, 2.05) is 36.4 Å². The first-order valence-corrected chi connectivity index (χ1v) is 7.98. The maximum absolute atomic E-state index is 12.7. The minimum Gasteiger partial charge on any atom is -0.506 e. The second kappa shape index (κ2) is 5.01. The Hall–Kier alpha value is -2.49. The molecule has 0 radical (unpaired) electrons. The molecular formula is C19H19NO3. The summed E-state index contributed by atoms with van der Waals surface area (Å²) in [5, 5.41) is 10.2. The molecule has 1 saturated carbocycles. The van der Waals surface area contributed by atoms with Gasteiger partial charge < -0.3 is 14.4 Å². The van der Waals surface area contributed by atoms with Gasteiger partial charge in [0, 0.05) is 11.8 Å². The Kier molecular flexibility index (Phi) is 3.08. The van der Waals surface area contributed by atoms with Crippen molar-refractivity contribution in [3.05, 3.63) is 48.2 Å². The first kappa shape index (κ1) is 14.1. The lowest BCUT2D eigenvalue weighted by atomic mass is 9.87. The van der Waals surface area contributed by atoms with E-state index >= 15 is 0 Å². The van der Waals surface area contributed by atoms with Crippen LogP contribution in [0.25, 0.3) is 17.0 Å². The summed E-state index contributed by atoms with van der Waals surface area (Å²) in [6.45, 7) is 0. The number of hydrogen-bond donors (Lipinski definition) is 1. The van der Waals surface area contributed by atoms with Gasteiger partial charge in [-0.1, -0.05) is 12.8 Å². The van der Waals surface area contributed by atoms with Gasteiger partial charge in [-0.15, -0.1) is 0 Å². The van der Waals surface area contributed by atoms with Crippen molar-refractivity contribution >= 4 is 11.5 Å². The van der Waals surface area contributed by atoms with Gasteiger partial charge in [-0.2, -0.15) is 0 Å². The molecule has 4 heteroatoms. The zero-order valence-electron chi connectivity index (χ0n) is 13.1. The lowest BCUT2D eigenvalue weighted by Crippen LogP contribution is -2.42. The minimum atomic E-state index is -0.527. The zero-order valence-corrected chi connectivity index (χ0v) is 13.1. The highest BCUT2D eigenvalue weighted by Crippen LogP contribution is 2.45. The van der Waals surface area contributed by atoms with E-state index in [2.05, 4.69) is 4.57 Å². The van der Waals surface area contributed by atoms with E-state index in [0.717, 1.165) is 48.4 Å². The van der Waals surface area contributed by atoms with Crippen LogP contribution >= 0.6 is 0 Å². The number of ketones is 1. The first-order valence-electron chi connectivity index (χ1n) is 7.98. The predicted molar refractivity (Wildman–Crippen MR) is 88.5 cm³/mol. The molecular weight excluding hydrogens is 290 g/mol. The average molecular weight is 309 g/mol. The van der Waals surface area contributed by atoms with Crippen LogP contribution in [0.5, 0.6) is 5.75 Å². The number of rotatable bonds is 2. The van der Waals surface area contributed by atoms with E-state index in [0.29, 0.717) is 0 Å². The highest BCUT2D eigenvalue weighted by molar-refractivity contribution is 6.03. The highest BCUT2D eigenvalue weighted by Gasteiger charge is 2.46. The van der Waals surface area contributed by atoms with Gasteiger partial charge in [0.05, 0.1) is 12.8 Å². The van der Waals surface area contributed by atoms with Gasteiger partial charge in [0.15, 0.2) is 5.78 Å². The number of hydrogen-bond acceptors (Lipinski definition) is 3. The van der Waals surface area contributed by atoms with Gasteiger partial charge in [0.2, 0.25) is 0 Å². The van der Waals surface area contributed by atoms with Gasteiger partial charge in [-0.05, 0) is 54.8 Å². The van der Waals surface area contributed by atoms with Gasteiger partial charge in [-0.3, -0.25) is 4.79 Å². The fraction of sp³-hybridized carbons (Fsp3) is 0.316. The largest absolute Gasteiger partial charge is 0.506 e. The third-order valence-corrected chi connectivity index (χ3v) is 5.11. The number of ether oxygens (including phenoxy) is 1. The van der Waals surface area contributed by atoms with Gasteiger partial charge >= 0.3 is 0 Å². The Morgan fingerprint density at radius 3 is 2.35 bits per heavy atom. The molecule has 0 atom stereocenters. The number of allylic oxidation sites excluding steroid dienone is 1. The van der Waals surface area contributed by atoms with E-state index in [1.54, 1.807) is 7.11 Å². The Labute approximate surface area is 135 Å². The summed E-state index contributed by atoms with van der Waals surface area (Å²) in [7, 11) is 1.64. The average Bonchev–Trinajstić information content (AvgIpc) is 3.21. The maximum atomic E-state index is 12.7. The van der Waals surface area contributed by atoms with Crippen molar-refractivity contribution in [3.63, 3.8) is 0 Å². The van der Waals surface area contributed by atoms with Crippen LogP contribution in [-0.2, 0) is 10.3 Å². The van der Waals surface area contributed by atoms with E-state index < -0.39 is 5.54 Å². The first-order chi connectivity index (χ1) is 11.2. The van der Waals surface area contributed by atoms with Crippen molar-refractivity contribution < 1.29 is 14.6 Å². The summed E-state index contributed by atoms with van der Waals surface area (Å²) >= 11 is 0. The molecule has 1 N–H and O–H groups in total. The van der Waals surface area contributed by atoms with E-state index in [1.165, 1.54) is 6.08 Å². The van der Waals surface area contributed by atoms with Crippen molar-refractivity contribution in [2.75, 3.05) is 7.11 Å². The molecule has 4 nitrogen and oxygen atoms in total. The molecule has 1 aliphatic carbocycles. The fourth-order valence-corrected chi connectivity index (χ4v) is 3.96. The standard InChI is InChI=1S/C19H19NO3/c1-23-14-6-4-13(5-7-14)15-8-9-16-17(21)12-18(22)19(20(15)16)10-2-3-11-19/h4-9,12,21H,2-3,10-11H2,1H3. The number of carbonyl (C=O) groups is 1. The monoisotopic (exact) mass is 309 g/mol. The summed E-state index contributed by atoms with van der Waals surface area (Å²) < 4.78 is 7.27. The van der Waals surface area contributed by atoms with Crippen LogP contribution in [0.1, 0.15) is 31.4 Å². The topological polar surface area (TPSA) is 51.5 Å². The molecule has 1 aliphatic heterocycles. The van der Waals surface area contributed by atoms with Crippen LogP contribution in [-0.4, -0.2) is 22.6 Å². The minimum absolute atomic E-state index is 0.0194.